The highest BCUT2D eigenvalue weighted by Gasteiger charge is 2.64. The second-order valence-electron chi connectivity index (χ2n) is 10.7. The zero-order chi connectivity index (χ0) is 34.6. The number of nitrogens with zero attached hydrogens (tertiary/aromatic N) is 7. The third kappa shape index (κ3) is 7.35. The molecule has 0 aliphatic heterocycles. The van der Waals surface area contributed by atoms with Crippen LogP contribution in [0, 0.1) is 0 Å². The molecular weight excluding hydrogens is 665 g/mol. The first-order valence-electron chi connectivity index (χ1n) is 14.3. The quantitative estimate of drug-likeness (QED) is 0.0878. The van der Waals surface area contributed by atoms with E-state index < -0.39 is 48.7 Å². The SMILES string of the molecule is CC(N=C(N)N(C=O)C(COC(=O)NC1(C(F)(F)F)CC1)c1ccc(Cl)c(-n2ncnc2C(F)F)c1)c1ccc(-c2ncccn2)cc1. The number of alkyl halides is 5. The summed E-state index contributed by atoms with van der Waals surface area (Å²) in [6.45, 7) is 0.987. The highest BCUT2D eigenvalue weighted by atomic mass is 35.5. The molecule has 2 amide bonds. The molecule has 1 fully saturated rings. The molecule has 0 radical (unpaired) electrons. The summed E-state index contributed by atoms with van der Waals surface area (Å²) in [5, 5.41) is 5.63. The van der Waals surface area contributed by atoms with Crippen molar-refractivity contribution in [1.29, 1.82) is 0 Å². The van der Waals surface area contributed by atoms with E-state index in [9.17, 15) is 31.5 Å². The number of carbonyl (C=O) groups is 2. The van der Waals surface area contributed by atoms with E-state index in [0.717, 1.165) is 21.5 Å². The number of amides is 2. The number of ether oxygens (including phenoxy) is 1. The summed E-state index contributed by atoms with van der Waals surface area (Å²) in [5.41, 5.74) is 5.39. The Morgan fingerprint density at radius 1 is 1.15 bits per heavy atom. The highest BCUT2D eigenvalue weighted by Crippen LogP contribution is 2.49. The maximum atomic E-state index is 13.6. The number of nitrogens with one attached hydrogen (secondary N) is 1. The van der Waals surface area contributed by atoms with Crippen LogP contribution in [0.25, 0.3) is 17.1 Å². The molecule has 12 nitrogen and oxygen atoms in total. The van der Waals surface area contributed by atoms with Gasteiger partial charge in [-0.1, -0.05) is 41.9 Å². The molecule has 0 saturated heterocycles. The third-order valence-electron chi connectivity index (χ3n) is 7.62. The number of carbonyl (C=O) groups excluding carboxylic acids is 2. The fourth-order valence-electron chi connectivity index (χ4n) is 4.80. The fourth-order valence-corrected chi connectivity index (χ4v) is 4.99. The van der Waals surface area contributed by atoms with Crippen LogP contribution >= 0.6 is 11.6 Å². The van der Waals surface area contributed by atoms with Crippen molar-refractivity contribution in [1.82, 2.24) is 34.9 Å². The Labute approximate surface area is 274 Å². The van der Waals surface area contributed by atoms with Crippen LogP contribution in [0.3, 0.4) is 0 Å². The van der Waals surface area contributed by atoms with Gasteiger partial charge in [0, 0.05) is 18.0 Å². The van der Waals surface area contributed by atoms with E-state index in [1.165, 1.54) is 18.2 Å². The molecule has 0 bridgehead atoms. The monoisotopic (exact) mass is 691 g/mol. The van der Waals surface area contributed by atoms with Crippen LogP contribution in [0.1, 0.15) is 55.2 Å². The van der Waals surface area contributed by atoms with Crippen LogP contribution in [0.2, 0.25) is 5.02 Å². The molecule has 4 aromatic rings. The maximum absolute atomic E-state index is 13.6. The van der Waals surface area contributed by atoms with Crippen LogP contribution < -0.4 is 11.1 Å². The summed E-state index contributed by atoms with van der Waals surface area (Å²) in [5.74, 6) is -0.563. The molecule has 5 rings (SSSR count). The Morgan fingerprint density at radius 3 is 2.42 bits per heavy atom. The number of aliphatic imine (C=N–C) groups is 1. The first-order chi connectivity index (χ1) is 22.8. The maximum Gasteiger partial charge on any atom is 0.411 e. The van der Waals surface area contributed by atoms with Gasteiger partial charge in [-0.2, -0.15) is 18.3 Å². The Hall–Kier alpha value is -5.19. The lowest BCUT2D eigenvalue weighted by Gasteiger charge is -2.29. The van der Waals surface area contributed by atoms with E-state index in [1.807, 2.05) is 5.32 Å². The van der Waals surface area contributed by atoms with Gasteiger partial charge in [-0.25, -0.2) is 38.2 Å². The van der Waals surface area contributed by atoms with Crippen molar-refractivity contribution in [2.45, 2.75) is 50.0 Å². The summed E-state index contributed by atoms with van der Waals surface area (Å²) in [7, 11) is 0. The summed E-state index contributed by atoms with van der Waals surface area (Å²) < 4.78 is 73.5. The standard InChI is InChI=1S/C30H27ClF5N9O3/c1-17(18-3-5-19(6-4-18)25-38-11-2-12-39-25)42-27(37)44(16-46)23(14-48-28(47)43-29(9-10-29)30(34,35)36)20-7-8-21(31)22(13-20)45-26(24(32)33)40-15-41-45/h2-8,11-13,15-17,23-24H,9-10,14H2,1H3,(H2,37,42)(H,43,47). The first-order valence-corrected chi connectivity index (χ1v) is 14.6. The van der Waals surface area contributed by atoms with Crippen LogP contribution in [0.4, 0.5) is 26.7 Å². The average molecular weight is 692 g/mol. The van der Waals surface area contributed by atoms with Gasteiger partial charge in [-0.3, -0.25) is 9.69 Å². The van der Waals surface area contributed by atoms with Gasteiger partial charge in [-0.15, -0.1) is 0 Å². The van der Waals surface area contributed by atoms with E-state index >= 15 is 0 Å². The van der Waals surface area contributed by atoms with E-state index in [-0.39, 0.29) is 35.1 Å². The number of halogens is 6. The van der Waals surface area contributed by atoms with Crippen molar-refractivity contribution in [2.75, 3.05) is 6.61 Å². The van der Waals surface area contributed by atoms with Gasteiger partial charge in [-0.05, 0) is 49.1 Å². The lowest BCUT2D eigenvalue weighted by atomic mass is 10.0. The summed E-state index contributed by atoms with van der Waals surface area (Å²) in [6.07, 6.45) is -5.36. The molecule has 2 unspecified atom stereocenters. The summed E-state index contributed by atoms with van der Waals surface area (Å²) >= 11 is 6.31. The second-order valence-corrected chi connectivity index (χ2v) is 11.1. The number of hydrogen-bond donors (Lipinski definition) is 2. The molecule has 2 aromatic heterocycles. The predicted molar refractivity (Wildman–Crippen MR) is 162 cm³/mol. The normalized spacial score (nSPS) is 15.5. The largest absolute Gasteiger partial charge is 0.447 e. The minimum atomic E-state index is -4.70. The van der Waals surface area contributed by atoms with Gasteiger partial charge >= 0.3 is 12.3 Å². The van der Waals surface area contributed by atoms with Crippen molar-refractivity contribution < 1.29 is 36.3 Å². The highest BCUT2D eigenvalue weighted by molar-refractivity contribution is 6.32. The lowest BCUT2D eigenvalue weighted by Crippen LogP contribution is -2.49. The van der Waals surface area contributed by atoms with Crippen molar-refractivity contribution >= 4 is 30.1 Å². The van der Waals surface area contributed by atoms with Crippen molar-refractivity contribution in [2.24, 2.45) is 10.7 Å². The Kier molecular flexibility index (Phi) is 9.88. The van der Waals surface area contributed by atoms with Gasteiger partial charge in [0.05, 0.1) is 22.8 Å². The number of hydrogen-bond acceptors (Lipinski definition) is 8. The number of rotatable bonds is 11. The first kappa shape index (κ1) is 34.2. The van der Waals surface area contributed by atoms with Gasteiger partial charge in [0.1, 0.15) is 18.5 Å². The Bertz CT molecular complexity index is 1780. The van der Waals surface area contributed by atoms with Crippen LogP contribution in [0.15, 0.2) is 72.2 Å². The molecule has 3 N–H and O–H groups in total. The minimum absolute atomic E-state index is 0.0262. The molecule has 1 saturated carbocycles. The topological polar surface area (TPSA) is 154 Å². The summed E-state index contributed by atoms with van der Waals surface area (Å²) in [6, 6.07) is 10.8. The number of benzene rings is 2. The van der Waals surface area contributed by atoms with E-state index in [0.29, 0.717) is 17.8 Å². The average Bonchev–Trinajstić information content (AvgIpc) is 3.69. The molecule has 2 atom stereocenters. The third-order valence-corrected chi connectivity index (χ3v) is 7.94. The van der Waals surface area contributed by atoms with E-state index in [2.05, 4.69) is 25.0 Å². The predicted octanol–water partition coefficient (Wildman–Crippen LogP) is 5.71. The zero-order valence-corrected chi connectivity index (χ0v) is 25.7. The number of aromatic nitrogens is 5. The van der Waals surface area contributed by atoms with Crippen molar-refractivity contribution in [3.8, 4) is 17.1 Å². The van der Waals surface area contributed by atoms with Crippen LogP contribution in [0.5, 0.6) is 0 Å². The number of guanidine groups is 1. The lowest BCUT2D eigenvalue weighted by molar-refractivity contribution is -0.164. The minimum Gasteiger partial charge on any atom is -0.447 e. The molecule has 2 aromatic carbocycles. The molecule has 1 aliphatic carbocycles. The van der Waals surface area contributed by atoms with Crippen LogP contribution in [-0.4, -0.2) is 66.4 Å². The Balaban J connectivity index is 1.45. The molecule has 0 spiro atoms. The van der Waals surface area contributed by atoms with E-state index in [1.54, 1.807) is 49.6 Å². The number of nitrogens with two attached hydrogens (primary N) is 1. The molecule has 48 heavy (non-hydrogen) atoms. The smallest absolute Gasteiger partial charge is 0.411 e. The van der Waals surface area contributed by atoms with Gasteiger partial charge in [0.2, 0.25) is 6.41 Å². The van der Waals surface area contributed by atoms with Crippen molar-refractivity contribution in [3.63, 3.8) is 0 Å². The molecular formula is C30H27ClF5N9O3. The molecule has 18 heteroatoms. The molecule has 1 aliphatic rings. The fraction of sp³-hybridized carbons (Fsp3) is 0.300. The van der Waals surface area contributed by atoms with Gasteiger partial charge in [0.15, 0.2) is 17.6 Å². The van der Waals surface area contributed by atoms with Crippen LogP contribution in [-0.2, 0) is 9.53 Å². The number of alkyl carbamates (subject to hydrolysis) is 1. The second kappa shape index (κ2) is 13.9. The molecule has 2 heterocycles. The zero-order valence-electron chi connectivity index (χ0n) is 25.0. The van der Waals surface area contributed by atoms with Gasteiger partial charge in [0.25, 0.3) is 6.43 Å². The van der Waals surface area contributed by atoms with E-state index in [4.69, 9.17) is 22.1 Å². The summed E-state index contributed by atoms with van der Waals surface area (Å²) in [4.78, 5) is 42.3. The molecule has 252 valence electrons. The Morgan fingerprint density at radius 2 is 1.81 bits per heavy atom. The van der Waals surface area contributed by atoms with Crippen molar-refractivity contribution in [3.05, 3.63) is 89.2 Å². The van der Waals surface area contributed by atoms with Gasteiger partial charge < -0.3 is 15.8 Å².